The third-order valence-electron chi connectivity index (χ3n) is 1.68. The van der Waals surface area contributed by atoms with Crippen LogP contribution in [0, 0.1) is 10.1 Å². The number of aromatic carboxylic acids is 1. The van der Waals surface area contributed by atoms with Crippen molar-refractivity contribution in [2.45, 2.75) is 6.43 Å². The van der Waals surface area contributed by atoms with Gasteiger partial charge in [0.15, 0.2) is 4.60 Å². The van der Waals surface area contributed by atoms with Crippen molar-refractivity contribution >= 4 is 27.6 Å². The van der Waals surface area contributed by atoms with Crippen LogP contribution in [0.25, 0.3) is 0 Å². The molecule has 16 heavy (non-hydrogen) atoms. The Bertz CT molecular complexity index is 466. The van der Waals surface area contributed by atoms with Crippen LogP contribution in [0.5, 0.6) is 0 Å². The van der Waals surface area contributed by atoms with Crippen LogP contribution in [0.1, 0.15) is 22.3 Å². The number of halogens is 3. The maximum absolute atomic E-state index is 12.6. The second-order valence-electron chi connectivity index (χ2n) is 2.59. The van der Waals surface area contributed by atoms with Crippen LogP contribution in [-0.4, -0.2) is 21.0 Å². The summed E-state index contributed by atoms with van der Waals surface area (Å²) in [6.45, 7) is 0. The molecule has 0 amide bonds. The van der Waals surface area contributed by atoms with Crippen molar-refractivity contribution in [2.75, 3.05) is 0 Å². The van der Waals surface area contributed by atoms with Crippen molar-refractivity contribution in [3.8, 4) is 0 Å². The second kappa shape index (κ2) is 4.47. The quantitative estimate of drug-likeness (QED) is 0.525. The molecule has 0 unspecified atom stereocenters. The zero-order valence-corrected chi connectivity index (χ0v) is 8.94. The Balaban J connectivity index is 3.63. The molecular weight excluding hydrogens is 294 g/mol. The van der Waals surface area contributed by atoms with Crippen LogP contribution in [0.15, 0.2) is 10.8 Å². The molecule has 0 aliphatic heterocycles. The van der Waals surface area contributed by atoms with Crippen molar-refractivity contribution in [1.29, 1.82) is 0 Å². The van der Waals surface area contributed by atoms with E-state index in [0.29, 0.717) is 6.20 Å². The third-order valence-corrected chi connectivity index (χ3v) is 2.26. The highest BCUT2D eigenvalue weighted by Gasteiger charge is 2.32. The van der Waals surface area contributed by atoms with Crippen molar-refractivity contribution < 1.29 is 23.6 Å². The Kier molecular flexibility index (Phi) is 3.48. The molecule has 0 atom stereocenters. The van der Waals surface area contributed by atoms with E-state index in [1.165, 1.54) is 0 Å². The predicted octanol–water partition coefficient (Wildman–Crippen LogP) is 2.39. The number of pyridine rings is 1. The van der Waals surface area contributed by atoms with Gasteiger partial charge in [-0.25, -0.2) is 18.6 Å². The number of carboxylic acids is 1. The Hall–Kier alpha value is -1.64. The van der Waals surface area contributed by atoms with Crippen molar-refractivity contribution in [3.05, 3.63) is 32.0 Å². The van der Waals surface area contributed by atoms with Gasteiger partial charge in [-0.05, 0) is 15.9 Å². The highest BCUT2D eigenvalue weighted by Crippen LogP contribution is 2.36. The number of aromatic nitrogens is 1. The standard InChI is InChI=1S/C7H3BrF2N2O4/c8-5-4(12(15)16)3(6(9)10)2(1-11-5)7(13)14/h1,6H,(H,13,14). The van der Waals surface area contributed by atoms with Gasteiger partial charge in [0, 0.05) is 6.20 Å². The highest BCUT2D eigenvalue weighted by molar-refractivity contribution is 9.10. The van der Waals surface area contributed by atoms with Crippen LogP contribution in [-0.2, 0) is 0 Å². The van der Waals surface area contributed by atoms with Gasteiger partial charge in [0.2, 0.25) is 0 Å². The largest absolute Gasteiger partial charge is 0.478 e. The topological polar surface area (TPSA) is 93.3 Å². The fraction of sp³-hybridized carbons (Fsp3) is 0.143. The number of hydrogen-bond donors (Lipinski definition) is 1. The summed E-state index contributed by atoms with van der Waals surface area (Å²) in [5.41, 5.74) is -3.07. The first-order valence-corrected chi connectivity index (χ1v) is 4.49. The average Bonchev–Trinajstić information content (AvgIpc) is 2.15. The van der Waals surface area contributed by atoms with E-state index in [1.54, 1.807) is 0 Å². The molecule has 0 radical (unpaired) electrons. The van der Waals surface area contributed by atoms with Gasteiger partial charge in [0.25, 0.3) is 6.43 Å². The monoisotopic (exact) mass is 296 g/mol. The molecule has 0 fully saturated rings. The lowest BCUT2D eigenvalue weighted by Crippen LogP contribution is -2.08. The lowest BCUT2D eigenvalue weighted by Gasteiger charge is -2.06. The SMILES string of the molecule is O=C(O)c1cnc(Br)c([N+](=O)[O-])c1C(F)F. The summed E-state index contributed by atoms with van der Waals surface area (Å²) >= 11 is 2.62. The molecule has 0 aliphatic rings. The van der Waals surface area contributed by atoms with Crippen LogP contribution in [0.3, 0.4) is 0 Å². The minimum atomic E-state index is -3.27. The maximum atomic E-state index is 12.6. The first kappa shape index (κ1) is 12.4. The van der Waals surface area contributed by atoms with E-state index in [4.69, 9.17) is 5.11 Å². The normalized spacial score (nSPS) is 10.5. The van der Waals surface area contributed by atoms with E-state index in [2.05, 4.69) is 20.9 Å². The number of nitrogens with zero attached hydrogens (tertiary/aromatic N) is 2. The minimum absolute atomic E-state index is 0.433. The van der Waals surface area contributed by atoms with Crippen molar-refractivity contribution in [3.63, 3.8) is 0 Å². The summed E-state index contributed by atoms with van der Waals surface area (Å²) in [6.07, 6.45) is -2.63. The molecule has 0 bridgehead atoms. The molecule has 1 aromatic heterocycles. The van der Waals surface area contributed by atoms with Crippen LogP contribution >= 0.6 is 15.9 Å². The fourth-order valence-electron chi connectivity index (χ4n) is 1.06. The zero-order valence-electron chi connectivity index (χ0n) is 7.35. The van der Waals surface area contributed by atoms with Gasteiger partial charge in [-0.3, -0.25) is 10.1 Å². The number of nitro groups is 1. The Labute approximate surface area is 95.2 Å². The first-order chi connectivity index (χ1) is 7.36. The van der Waals surface area contributed by atoms with Crippen LogP contribution < -0.4 is 0 Å². The lowest BCUT2D eigenvalue weighted by molar-refractivity contribution is -0.387. The summed E-state index contributed by atoms with van der Waals surface area (Å²) in [5, 5.41) is 19.1. The molecule has 0 aliphatic carbocycles. The van der Waals surface area contributed by atoms with Gasteiger partial charge in [-0.15, -0.1) is 0 Å². The van der Waals surface area contributed by atoms with Crippen molar-refractivity contribution in [1.82, 2.24) is 4.98 Å². The number of carboxylic acid groups (broad SMARTS) is 1. The van der Waals surface area contributed by atoms with Gasteiger partial charge in [0.1, 0.15) is 5.56 Å². The van der Waals surface area contributed by atoms with Gasteiger partial charge in [-0.2, -0.15) is 0 Å². The molecule has 0 aromatic carbocycles. The molecule has 1 aromatic rings. The Morgan fingerprint density at radius 2 is 2.19 bits per heavy atom. The first-order valence-electron chi connectivity index (χ1n) is 3.70. The number of hydrogen-bond acceptors (Lipinski definition) is 4. The minimum Gasteiger partial charge on any atom is -0.478 e. The summed E-state index contributed by atoms with van der Waals surface area (Å²) in [5.74, 6) is -1.70. The van der Waals surface area contributed by atoms with Gasteiger partial charge < -0.3 is 5.11 Å². The highest BCUT2D eigenvalue weighted by atomic mass is 79.9. The van der Waals surface area contributed by atoms with E-state index in [0.717, 1.165) is 0 Å². The van der Waals surface area contributed by atoms with Crippen molar-refractivity contribution in [2.24, 2.45) is 0 Å². The number of rotatable bonds is 3. The molecule has 1 heterocycles. The Morgan fingerprint density at radius 1 is 1.62 bits per heavy atom. The summed E-state index contributed by atoms with van der Waals surface area (Å²) < 4.78 is 24.7. The van der Waals surface area contributed by atoms with Crippen LogP contribution in [0.4, 0.5) is 14.5 Å². The Morgan fingerprint density at radius 3 is 2.56 bits per heavy atom. The molecule has 0 saturated carbocycles. The summed E-state index contributed by atoms with van der Waals surface area (Å²) in [6, 6.07) is 0. The molecule has 1 rings (SSSR count). The maximum Gasteiger partial charge on any atom is 0.338 e. The van der Waals surface area contributed by atoms with E-state index in [-0.39, 0.29) is 0 Å². The van der Waals surface area contributed by atoms with E-state index >= 15 is 0 Å². The van der Waals surface area contributed by atoms with Gasteiger partial charge in [-0.1, -0.05) is 0 Å². The average molecular weight is 297 g/mol. The molecule has 86 valence electrons. The molecular formula is C7H3BrF2N2O4. The van der Waals surface area contributed by atoms with E-state index in [1.807, 2.05) is 0 Å². The summed E-state index contributed by atoms with van der Waals surface area (Å²) in [4.78, 5) is 23.4. The summed E-state index contributed by atoms with van der Waals surface area (Å²) in [7, 11) is 0. The lowest BCUT2D eigenvalue weighted by atomic mass is 10.1. The van der Waals surface area contributed by atoms with E-state index < -0.39 is 38.7 Å². The predicted molar refractivity (Wildman–Crippen MR) is 50.5 cm³/mol. The molecule has 1 N–H and O–H groups in total. The molecule has 0 spiro atoms. The molecule has 9 heteroatoms. The smallest absolute Gasteiger partial charge is 0.338 e. The van der Waals surface area contributed by atoms with Crippen LogP contribution in [0.2, 0.25) is 0 Å². The zero-order chi connectivity index (χ0) is 12.5. The van der Waals surface area contributed by atoms with Gasteiger partial charge >= 0.3 is 11.7 Å². The number of carbonyl (C=O) groups is 1. The number of alkyl halides is 2. The molecule has 6 nitrogen and oxygen atoms in total. The van der Waals surface area contributed by atoms with E-state index in [9.17, 15) is 23.7 Å². The fourth-order valence-corrected chi connectivity index (χ4v) is 1.52. The second-order valence-corrected chi connectivity index (χ2v) is 3.34. The third kappa shape index (κ3) is 2.13. The van der Waals surface area contributed by atoms with Gasteiger partial charge in [0.05, 0.1) is 10.5 Å². The molecule has 0 saturated heterocycles.